The van der Waals surface area contributed by atoms with Gasteiger partial charge in [-0.3, -0.25) is 14.1 Å². The maximum atomic E-state index is 13.7. The Kier molecular flexibility index (Phi) is 7.02. The van der Waals surface area contributed by atoms with Gasteiger partial charge < -0.3 is 14.4 Å². The van der Waals surface area contributed by atoms with Crippen LogP contribution in [0.3, 0.4) is 0 Å². The zero-order valence-corrected chi connectivity index (χ0v) is 20.1. The van der Waals surface area contributed by atoms with Crippen LogP contribution in [0.1, 0.15) is 22.3 Å². The van der Waals surface area contributed by atoms with Crippen LogP contribution in [0.25, 0.3) is 22.6 Å². The second-order valence-electron chi connectivity index (χ2n) is 8.66. The molecule has 0 radical (unpaired) electrons. The van der Waals surface area contributed by atoms with E-state index in [0.717, 1.165) is 19.6 Å². The van der Waals surface area contributed by atoms with Gasteiger partial charge in [-0.25, -0.2) is 0 Å². The molecule has 0 bridgehead atoms. The molecular formula is C28H24ClFN2O4. The summed E-state index contributed by atoms with van der Waals surface area (Å²) in [6.07, 6.45) is 0.589. The largest absolute Gasteiger partial charge is 0.508 e. The Morgan fingerprint density at radius 3 is 2.50 bits per heavy atom. The Bertz CT molecular complexity index is 1350. The van der Waals surface area contributed by atoms with Crippen LogP contribution >= 0.6 is 11.6 Å². The number of phenols is 1. The molecule has 0 aliphatic carbocycles. The Labute approximate surface area is 212 Å². The Morgan fingerprint density at radius 1 is 1.08 bits per heavy atom. The van der Waals surface area contributed by atoms with E-state index < -0.39 is 0 Å². The number of carbonyl (C=O) groups excluding carboxylic acids is 1. The highest BCUT2D eigenvalue weighted by Gasteiger charge is 2.29. The Morgan fingerprint density at radius 2 is 1.81 bits per heavy atom. The number of halogens is 2. The van der Waals surface area contributed by atoms with Crippen LogP contribution in [0.5, 0.6) is 11.5 Å². The van der Waals surface area contributed by atoms with Crippen LogP contribution < -0.4 is 4.74 Å². The molecule has 4 aromatic rings. The lowest BCUT2D eigenvalue weighted by Crippen LogP contribution is -2.53. The topological polar surface area (TPSA) is 75.8 Å². The molecule has 1 aromatic heterocycles. The number of hydrogen-bond donors (Lipinski definition) is 1. The number of carbonyl (C=O) groups is 1. The fourth-order valence-corrected chi connectivity index (χ4v) is 4.46. The third-order valence-corrected chi connectivity index (χ3v) is 6.46. The highest BCUT2D eigenvalue weighted by atomic mass is 35.5. The summed E-state index contributed by atoms with van der Waals surface area (Å²) in [5, 5.41) is 14.3. The first-order valence-electron chi connectivity index (χ1n) is 11.7. The van der Waals surface area contributed by atoms with Crippen LogP contribution in [-0.2, 0) is 0 Å². The minimum atomic E-state index is -0.309. The summed E-state index contributed by atoms with van der Waals surface area (Å²) in [6, 6.07) is 20.4. The molecule has 0 unspecified atom stereocenters. The van der Waals surface area contributed by atoms with Crippen LogP contribution in [0.2, 0.25) is 5.02 Å². The van der Waals surface area contributed by atoms with Crippen LogP contribution in [-0.4, -0.2) is 53.4 Å². The first-order chi connectivity index (χ1) is 17.5. The van der Waals surface area contributed by atoms with Gasteiger partial charge in [0.25, 0.3) is 0 Å². The summed E-state index contributed by atoms with van der Waals surface area (Å²) in [4.78, 5) is 15.9. The molecule has 0 spiro atoms. The highest BCUT2D eigenvalue weighted by molar-refractivity contribution is 6.33. The molecular weight excluding hydrogens is 483 g/mol. The van der Waals surface area contributed by atoms with E-state index in [-0.39, 0.29) is 35.6 Å². The van der Waals surface area contributed by atoms with Gasteiger partial charge in [0.05, 0.1) is 17.3 Å². The number of phenolic OH excluding ortho intramolecular Hbond substituents is 1. The molecule has 1 saturated heterocycles. The third-order valence-electron chi connectivity index (χ3n) is 6.13. The van der Waals surface area contributed by atoms with Crippen LogP contribution in [0, 0.1) is 0 Å². The molecule has 0 atom stereocenters. The minimum Gasteiger partial charge on any atom is -0.508 e. The van der Waals surface area contributed by atoms with Gasteiger partial charge in [0.1, 0.15) is 23.3 Å². The van der Waals surface area contributed by atoms with E-state index in [1.54, 1.807) is 54.6 Å². The van der Waals surface area contributed by atoms with Crippen molar-refractivity contribution in [3.63, 3.8) is 0 Å². The van der Waals surface area contributed by atoms with E-state index in [1.165, 1.54) is 12.1 Å². The highest BCUT2D eigenvalue weighted by Crippen LogP contribution is 2.37. The molecule has 1 aliphatic rings. The molecule has 0 saturated carbocycles. The van der Waals surface area contributed by atoms with Crippen molar-refractivity contribution in [2.75, 3.05) is 26.3 Å². The molecule has 2 heterocycles. The molecule has 8 heteroatoms. The van der Waals surface area contributed by atoms with Gasteiger partial charge in [-0.05, 0) is 61.0 Å². The van der Waals surface area contributed by atoms with Gasteiger partial charge in [0.15, 0.2) is 11.5 Å². The summed E-state index contributed by atoms with van der Waals surface area (Å²) in [5.74, 6) is 0.780. The maximum Gasteiger partial charge on any atom is 0.199 e. The van der Waals surface area contributed by atoms with Crippen molar-refractivity contribution in [1.29, 1.82) is 0 Å². The summed E-state index contributed by atoms with van der Waals surface area (Å²) < 4.78 is 24.0. The number of likely N-dealkylation sites (tertiary alicyclic amines) is 1. The fraction of sp³-hybridized carbons (Fsp3) is 0.214. The summed E-state index contributed by atoms with van der Waals surface area (Å²) in [6.45, 7) is 1.95. The van der Waals surface area contributed by atoms with E-state index in [2.05, 4.69) is 10.1 Å². The molecule has 36 heavy (non-hydrogen) atoms. The second kappa shape index (κ2) is 10.5. The average molecular weight is 507 g/mol. The number of nitrogens with zero attached hydrogens (tertiary/aromatic N) is 2. The average Bonchev–Trinajstić information content (AvgIpc) is 3.31. The predicted octanol–water partition coefficient (Wildman–Crippen LogP) is 6.02. The maximum absolute atomic E-state index is 13.7. The summed E-state index contributed by atoms with van der Waals surface area (Å²) in [7, 11) is 0. The molecule has 3 aromatic carbocycles. The molecule has 1 aliphatic heterocycles. The Hall–Kier alpha value is -3.68. The van der Waals surface area contributed by atoms with Gasteiger partial charge in [-0.2, -0.15) is 0 Å². The summed E-state index contributed by atoms with van der Waals surface area (Å²) >= 11 is 6.42. The first kappa shape index (κ1) is 24.0. The van der Waals surface area contributed by atoms with Gasteiger partial charge in [-0.1, -0.05) is 35.0 Å². The van der Waals surface area contributed by atoms with Gasteiger partial charge in [0, 0.05) is 36.3 Å². The SMILES string of the molecule is O=C(c1ccc(OC2CN(CCCF)C2)cc1)c1c(-c2ccccc2Cl)noc1-c1ccc(O)cc1. The van der Waals surface area contributed by atoms with E-state index in [4.69, 9.17) is 20.9 Å². The summed E-state index contributed by atoms with van der Waals surface area (Å²) in [5.41, 5.74) is 2.25. The van der Waals surface area contributed by atoms with Gasteiger partial charge in [-0.15, -0.1) is 0 Å². The predicted molar refractivity (Wildman–Crippen MR) is 135 cm³/mol. The first-order valence-corrected chi connectivity index (χ1v) is 12.0. The number of ketones is 1. The number of rotatable bonds is 9. The van der Waals surface area contributed by atoms with E-state index in [1.807, 2.05) is 6.07 Å². The number of hydrogen-bond acceptors (Lipinski definition) is 6. The number of benzene rings is 3. The lowest BCUT2D eigenvalue weighted by atomic mass is 9.95. The second-order valence-corrected chi connectivity index (χ2v) is 9.06. The monoisotopic (exact) mass is 506 g/mol. The lowest BCUT2D eigenvalue weighted by molar-refractivity contribution is 0.0184. The van der Waals surface area contributed by atoms with Gasteiger partial charge in [0.2, 0.25) is 0 Å². The quantitative estimate of drug-likeness (QED) is 0.280. The number of aromatic hydroxyl groups is 1. The van der Waals surface area contributed by atoms with Crippen molar-refractivity contribution in [1.82, 2.24) is 10.1 Å². The molecule has 0 amide bonds. The lowest BCUT2D eigenvalue weighted by Gasteiger charge is -2.38. The normalized spacial score (nSPS) is 13.9. The van der Waals surface area contributed by atoms with Crippen molar-refractivity contribution in [3.8, 4) is 34.1 Å². The number of aromatic nitrogens is 1. The van der Waals surface area contributed by atoms with Crippen LogP contribution in [0.4, 0.5) is 4.39 Å². The van der Waals surface area contributed by atoms with Gasteiger partial charge >= 0.3 is 0 Å². The number of ether oxygens (including phenoxy) is 1. The Balaban J connectivity index is 1.42. The fourth-order valence-electron chi connectivity index (χ4n) is 4.23. The van der Waals surface area contributed by atoms with Crippen molar-refractivity contribution in [2.24, 2.45) is 0 Å². The minimum absolute atomic E-state index is 0.0529. The molecule has 184 valence electrons. The molecule has 6 nitrogen and oxygen atoms in total. The van der Waals surface area contributed by atoms with Crippen molar-refractivity contribution >= 4 is 17.4 Å². The molecule has 1 fully saturated rings. The number of alkyl halides is 1. The third kappa shape index (κ3) is 4.98. The zero-order valence-electron chi connectivity index (χ0n) is 19.4. The molecule has 1 N–H and O–H groups in total. The van der Waals surface area contributed by atoms with E-state index >= 15 is 0 Å². The van der Waals surface area contributed by atoms with Crippen molar-refractivity contribution in [2.45, 2.75) is 12.5 Å². The van der Waals surface area contributed by atoms with Crippen LogP contribution in [0.15, 0.2) is 77.3 Å². The van der Waals surface area contributed by atoms with E-state index in [9.17, 15) is 14.3 Å². The zero-order chi connectivity index (χ0) is 25.1. The molecule has 5 rings (SSSR count). The van der Waals surface area contributed by atoms with Crippen molar-refractivity contribution in [3.05, 3.63) is 88.9 Å². The smallest absolute Gasteiger partial charge is 0.199 e. The van der Waals surface area contributed by atoms with E-state index in [0.29, 0.717) is 39.6 Å². The standard InChI is InChI=1S/C28H24ClFN2O4/c29-24-5-2-1-4-23(24)26-25(28(36-31-26)19-6-10-20(33)11-7-19)27(34)18-8-12-21(13-9-18)35-22-16-32(17-22)15-3-14-30/h1-2,4-13,22,33H,3,14-17H2. The van der Waals surface area contributed by atoms with Crippen molar-refractivity contribution < 1.29 is 23.6 Å².